The zero-order chi connectivity index (χ0) is 13.5. The van der Waals surface area contributed by atoms with Crippen molar-refractivity contribution in [1.29, 1.82) is 0 Å². The molecular formula is C17H27NO. The van der Waals surface area contributed by atoms with E-state index < -0.39 is 0 Å². The lowest BCUT2D eigenvalue weighted by molar-refractivity contribution is -0.0562. The number of benzene rings is 1. The summed E-state index contributed by atoms with van der Waals surface area (Å²) in [4.78, 5) is 0. The number of hydrogen-bond acceptors (Lipinski definition) is 2. The standard InChI is InChI=1S/C17H27NO/c1-3-18-13-17(15-10-5-4-6-11-15)19-16-12-8-7-9-14(16)2/h4-6,10-11,14,16-18H,3,7-9,12-13H2,1-2H3. The fraction of sp³-hybridized carbons (Fsp3) is 0.647. The molecule has 1 saturated carbocycles. The van der Waals surface area contributed by atoms with Gasteiger partial charge in [0.2, 0.25) is 0 Å². The Balaban J connectivity index is 2.01. The molecule has 0 spiro atoms. The fourth-order valence-corrected chi connectivity index (χ4v) is 2.88. The average molecular weight is 261 g/mol. The van der Waals surface area contributed by atoms with Crippen molar-refractivity contribution in [3.63, 3.8) is 0 Å². The Kier molecular flexibility index (Phi) is 5.87. The van der Waals surface area contributed by atoms with Gasteiger partial charge in [-0.25, -0.2) is 0 Å². The van der Waals surface area contributed by atoms with Crippen LogP contribution in [-0.4, -0.2) is 19.2 Å². The third-order valence-electron chi connectivity index (χ3n) is 4.12. The summed E-state index contributed by atoms with van der Waals surface area (Å²) in [6, 6.07) is 10.6. The molecule has 1 fully saturated rings. The fourth-order valence-electron chi connectivity index (χ4n) is 2.88. The van der Waals surface area contributed by atoms with Crippen molar-refractivity contribution >= 4 is 0 Å². The van der Waals surface area contributed by atoms with Gasteiger partial charge in [-0.15, -0.1) is 0 Å². The molecule has 19 heavy (non-hydrogen) atoms. The van der Waals surface area contributed by atoms with Crippen molar-refractivity contribution in [2.24, 2.45) is 5.92 Å². The number of ether oxygens (including phenoxy) is 1. The molecule has 1 N–H and O–H groups in total. The lowest BCUT2D eigenvalue weighted by Gasteiger charge is -2.32. The van der Waals surface area contributed by atoms with Gasteiger partial charge in [0.25, 0.3) is 0 Å². The third-order valence-corrected chi connectivity index (χ3v) is 4.12. The van der Waals surface area contributed by atoms with Crippen LogP contribution in [0, 0.1) is 5.92 Å². The zero-order valence-corrected chi connectivity index (χ0v) is 12.3. The average Bonchev–Trinajstić information content (AvgIpc) is 2.46. The largest absolute Gasteiger partial charge is 0.369 e. The number of likely N-dealkylation sites (N-methyl/N-ethyl adjacent to an activating group) is 1. The highest BCUT2D eigenvalue weighted by Crippen LogP contribution is 2.30. The first-order valence-corrected chi connectivity index (χ1v) is 7.72. The molecule has 2 heteroatoms. The molecule has 2 rings (SSSR count). The molecule has 1 aliphatic carbocycles. The molecule has 3 unspecified atom stereocenters. The second-order valence-electron chi connectivity index (χ2n) is 5.64. The molecule has 0 amide bonds. The van der Waals surface area contributed by atoms with E-state index in [0.29, 0.717) is 12.0 Å². The minimum absolute atomic E-state index is 0.187. The first-order valence-electron chi connectivity index (χ1n) is 7.72. The van der Waals surface area contributed by atoms with Crippen LogP contribution in [0.4, 0.5) is 0 Å². The Morgan fingerprint density at radius 1 is 1.21 bits per heavy atom. The first-order chi connectivity index (χ1) is 9.31. The molecule has 0 saturated heterocycles. The maximum atomic E-state index is 6.43. The Bertz CT molecular complexity index is 352. The van der Waals surface area contributed by atoms with Crippen LogP contribution < -0.4 is 5.32 Å². The van der Waals surface area contributed by atoms with E-state index in [4.69, 9.17) is 4.74 Å². The van der Waals surface area contributed by atoms with Gasteiger partial charge in [0, 0.05) is 6.54 Å². The highest BCUT2D eigenvalue weighted by atomic mass is 16.5. The second kappa shape index (κ2) is 7.66. The van der Waals surface area contributed by atoms with Gasteiger partial charge in [0.15, 0.2) is 0 Å². The van der Waals surface area contributed by atoms with Gasteiger partial charge in [-0.2, -0.15) is 0 Å². The summed E-state index contributed by atoms with van der Waals surface area (Å²) in [5, 5.41) is 3.43. The van der Waals surface area contributed by atoms with Crippen molar-refractivity contribution in [2.45, 2.75) is 51.7 Å². The van der Waals surface area contributed by atoms with Gasteiger partial charge in [0.1, 0.15) is 0 Å². The predicted octanol–water partition coefficient (Wildman–Crippen LogP) is 3.93. The van der Waals surface area contributed by atoms with Crippen LogP contribution in [0.1, 0.15) is 51.2 Å². The van der Waals surface area contributed by atoms with Crippen LogP contribution in [-0.2, 0) is 4.74 Å². The van der Waals surface area contributed by atoms with E-state index in [2.05, 4.69) is 49.5 Å². The topological polar surface area (TPSA) is 21.3 Å². The molecule has 0 radical (unpaired) electrons. The first kappa shape index (κ1) is 14.5. The number of hydrogen-bond donors (Lipinski definition) is 1. The molecule has 0 aromatic heterocycles. The Morgan fingerprint density at radius 3 is 2.63 bits per heavy atom. The highest BCUT2D eigenvalue weighted by Gasteiger charge is 2.25. The molecule has 0 bridgehead atoms. The molecule has 2 nitrogen and oxygen atoms in total. The van der Waals surface area contributed by atoms with E-state index in [9.17, 15) is 0 Å². The molecule has 0 aliphatic heterocycles. The highest BCUT2D eigenvalue weighted by molar-refractivity contribution is 5.18. The van der Waals surface area contributed by atoms with Gasteiger partial charge >= 0.3 is 0 Å². The lowest BCUT2D eigenvalue weighted by atomic mass is 9.87. The van der Waals surface area contributed by atoms with Crippen molar-refractivity contribution in [2.75, 3.05) is 13.1 Å². The van der Waals surface area contributed by atoms with E-state index in [-0.39, 0.29) is 6.10 Å². The minimum atomic E-state index is 0.187. The van der Waals surface area contributed by atoms with E-state index in [1.54, 1.807) is 0 Å². The van der Waals surface area contributed by atoms with Crippen LogP contribution in [0.3, 0.4) is 0 Å². The van der Waals surface area contributed by atoms with Gasteiger partial charge < -0.3 is 10.1 Å². The Morgan fingerprint density at radius 2 is 1.95 bits per heavy atom. The number of rotatable bonds is 6. The summed E-state index contributed by atoms with van der Waals surface area (Å²) in [6.45, 7) is 6.38. The zero-order valence-electron chi connectivity index (χ0n) is 12.3. The smallest absolute Gasteiger partial charge is 0.0953 e. The van der Waals surface area contributed by atoms with Gasteiger partial charge in [-0.05, 0) is 30.9 Å². The number of nitrogens with one attached hydrogen (secondary N) is 1. The van der Waals surface area contributed by atoms with Gasteiger partial charge in [-0.3, -0.25) is 0 Å². The monoisotopic (exact) mass is 261 g/mol. The molecule has 1 aromatic rings. The predicted molar refractivity (Wildman–Crippen MR) is 80.2 cm³/mol. The summed E-state index contributed by atoms with van der Waals surface area (Å²) in [6.07, 6.45) is 5.83. The molecule has 0 heterocycles. The normalized spacial score (nSPS) is 25.2. The third kappa shape index (κ3) is 4.32. The van der Waals surface area contributed by atoms with Gasteiger partial charge in [0.05, 0.1) is 12.2 Å². The summed E-state index contributed by atoms with van der Waals surface area (Å²) in [5.74, 6) is 0.696. The summed E-state index contributed by atoms with van der Waals surface area (Å²) >= 11 is 0. The van der Waals surface area contributed by atoms with Crippen LogP contribution >= 0.6 is 0 Å². The lowest BCUT2D eigenvalue weighted by Crippen LogP contribution is -2.31. The van der Waals surface area contributed by atoms with Crippen LogP contribution in [0.2, 0.25) is 0 Å². The van der Waals surface area contributed by atoms with E-state index in [0.717, 1.165) is 13.1 Å². The molecule has 1 aliphatic rings. The minimum Gasteiger partial charge on any atom is -0.369 e. The van der Waals surface area contributed by atoms with E-state index >= 15 is 0 Å². The van der Waals surface area contributed by atoms with Gasteiger partial charge in [-0.1, -0.05) is 57.0 Å². The van der Waals surface area contributed by atoms with Crippen molar-refractivity contribution in [1.82, 2.24) is 5.32 Å². The van der Waals surface area contributed by atoms with E-state index in [1.165, 1.54) is 31.2 Å². The maximum Gasteiger partial charge on any atom is 0.0953 e. The summed E-state index contributed by atoms with van der Waals surface area (Å²) in [5.41, 5.74) is 1.29. The Labute approximate surface area is 117 Å². The molecule has 1 aromatic carbocycles. The van der Waals surface area contributed by atoms with Crippen LogP contribution in [0.25, 0.3) is 0 Å². The SMILES string of the molecule is CCNCC(OC1CCCCC1C)c1ccccc1. The second-order valence-corrected chi connectivity index (χ2v) is 5.64. The molecule has 106 valence electrons. The summed E-state index contributed by atoms with van der Waals surface area (Å²) in [7, 11) is 0. The van der Waals surface area contributed by atoms with Crippen LogP contribution in [0.5, 0.6) is 0 Å². The van der Waals surface area contributed by atoms with Crippen molar-refractivity contribution in [3.8, 4) is 0 Å². The van der Waals surface area contributed by atoms with Crippen molar-refractivity contribution < 1.29 is 4.74 Å². The molecule has 3 atom stereocenters. The molecular weight excluding hydrogens is 234 g/mol. The Hall–Kier alpha value is -0.860. The quantitative estimate of drug-likeness (QED) is 0.837. The summed E-state index contributed by atoms with van der Waals surface area (Å²) < 4.78 is 6.43. The maximum absolute atomic E-state index is 6.43. The van der Waals surface area contributed by atoms with E-state index in [1.807, 2.05) is 0 Å². The van der Waals surface area contributed by atoms with Crippen LogP contribution in [0.15, 0.2) is 30.3 Å². The van der Waals surface area contributed by atoms with Crippen molar-refractivity contribution in [3.05, 3.63) is 35.9 Å².